The van der Waals surface area contributed by atoms with Crippen molar-refractivity contribution in [3.05, 3.63) is 53.9 Å². The predicted molar refractivity (Wildman–Crippen MR) is 101 cm³/mol. The van der Waals surface area contributed by atoms with Crippen LogP contribution in [0.2, 0.25) is 0 Å². The zero-order chi connectivity index (χ0) is 20.1. The number of nitrogens with one attached hydrogen (secondary N) is 3. The summed E-state index contributed by atoms with van der Waals surface area (Å²) < 4.78 is 33.6. The van der Waals surface area contributed by atoms with Gasteiger partial charge in [-0.2, -0.15) is 0 Å². The fourth-order valence-corrected chi connectivity index (χ4v) is 4.28. The van der Waals surface area contributed by atoms with E-state index in [0.717, 1.165) is 23.2 Å². The molecule has 7 nitrogen and oxygen atoms in total. The molecule has 2 aliphatic heterocycles. The standard InChI is InChI=1S/C20H19F2N5O2/c1-27-8-13(12-7-25-26-17(12)20(27)28)11-3-4-15-18(24-9-23-15)19(11)29-16-5-2-10(21)6-14(16)22/h2-6,9,12-13,17,25-26H,7-8H2,1H3,(H,23,24). The minimum atomic E-state index is -0.790. The third-order valence-corrected chi connectivity index (χ3v) is 5.73. The Kier molecular flexibility index (Phi) is 4.21. The second-order valence-corrected chi connectivity index (χ2v) is 7.45. The van der Waals surface area contributed by atoms with E-state index in [1.165, 1.54) is 6.07 Å². The van der Waals surface area contributed by atoms with Crippen molar-refractivity contribution in [2.45, 2.75) is 12.0 Å². The number of likely N-dealkylation sites (tertiary alicyclic amines) is 1. The summed E-state index contributed by atoms with van der Waals surface area (Å²) in [6, 6.07) is 6.67. The molecule has 9 heteroatoms. The van der Waals surface area contributed by atoms with Crippen molar-refractivity contribution in [2.75, 3.05) is 20.1 Å². The number of piperidine rings is 1. The summed E-state index contributed by atoms with van der Waals surface area (Å²) in [5.74, 6) is -1.15. The lowest BCUT2D eigenvalue weighted by molar-refractivity contribution is -0.136. The maximum Gasteiger partial charge on any atom is 0.241 e. The smallest absolute Gasteiger partial charge is 0.241 e. The van der Waals surface area contributed by atoms with Gasteiger partial charge >= 0.3 is 0 Å². The van der Waals surface area contributed by atoms with Crippen LogP contribution in [0, 0.1) is 17.6 Å². The number of hydrogen-bond donors (Lipinski definition) is 3. The van der Waals surface area contributed by atoms with Crippen LogP contribution in [0.25, 0.3) is 11.0 Å². The lowest BCUT2D eigenvalue weighted by Crippen LogP contribution is -2.53. The fourth-order valence-electron chi connectivity index (χ4n) is 4.28. The van der Waals surface area contributed by atoms with Crippen LogP contribution >= 0.6 is 0 Å². The van der Waals surface area contributed by atoms with Crippen LogP contribution in [0.5, 0.6) is 11.5 Å². The minimum absolute atomic E-state index is 0.00973. The second kappa shape index (κ2) is 6.78. The molecule has 2 aliphatic rings. The number of rotatable bonds is 3. The van der Waals surface area contributed by atoms with Crippen LogP contribution in [0.1, 0.15) is 11.5 Å². The highest BCUT2D eigenvalue weighted by Crippen LogP contribution is 2.42. The molecule has 1 amide bonds. The number of imidazole rings is 1. The van der Waals surface area contributed by atoms with Crippen molar-refractivity contribution in [1.82, 2.24) is 25.7 Å². The number of aromatic nitrogens is 2. The first-order chi connectivity index (χ1) is 14.0. The van der Waals surface area contributed by atoms with Crippen molar-refractivity contribution >= 4 is 16.9 Å². The Labute approximate surface area is 165 Å². The number of H-pyrrole nitrogens is 1. The van der Waals surface area contributed by atoms with Crippen LogP contribution in [0.3, 0.4) is 0 Å². The molecule has 2 aromatic carbocycles. The number of carbonyl (C=O) groups excluding carboxylic acids is 1. The first kappa shape index (κ1) is 18.0. The Bertz CT molecular complexity index is 1100. The molecular weight excluding hydrogens is 380 g/mol. The molecule has 2 saturated heterocycles. The van der Waals surface area contributed by atoms with Crippen molar-refractivity contribution in [3.63, 3.8) is 0 Å². The van der Waals surface area contributed by atoms with Crippen LogP contribution in [0.4, 0.5) is 8.78 Å². The van der Waals surface area contributed by atoms with Gasteiger partial charge < -0.3 is 14.6 Å². The van der Waals surface area contributed by atoms with Gasteiger partial charge in [-0.1, -0.05) is 6.07 Å². The van der Waals surface area contributed by atoms with Crippen LogP contribution < -0.4 is 15.6 Å². The van der Waals surface area contributed by atoms with E-state index < -0.39 is 11.6 Å². The van der Waals surface area contributed by atoms with E-state index in [1.807, 2.05) is 12.1 Å². The topological polar surface area (TPSA) is 82.3 Å². The molecule has 3 atom stereocenters. The molecule has 1 aromatic heterocycles. The van der Waals surface area contributed by atoms with Crippen LogP contribution in [-0.2, 0) is 4.79 Å². The molecule has 0 spiro atoms. The third kappa shape index (κ3) is 2.93. The number of benzene rings is 2. The third-order valence-electron chi connectivity index (χ3n) is 5.73. The molecule has 0 aliphatic carbocycles. The number of aromatic amines is 1. The molecule has 5 rings (SSSR count). The van der Waals surface area contributed by atoms with E-state index in [0.29, 0.717) is 24.4 Å². The summed E-state index contributed by atoms with van der Waals surface area (Å²) in [7, 11) is 1.76. The van der Waals surface area contributed by atoms with Gasteiger partial charge in [0.25, 0.3) is 0 Å². The largest absolute Gasteiger partial charge is 0.452 e. The van der Waals surface area contributed by atoms with E-state index in [1.54, 1.807) is 18.3 Å². The second-order valence-electron chi connectivity index (χ2n) is 7.45. The summed E-state index contributed by atoms with van der Waals surface area (Å²) in [6.45, 7) is 1.12. The maximum absolute atomic E-state index is 14.3. The maximum atomic E-state index is 14.3. The average Bonchev–Trinajstić information content (AvgIpc) is 3.37. The number of hydrazine groups is 1. The minimum Gasteiger partial charge on any atom is -0.452 e. The zero-order valence-electron chi connectivity index (χ0n) is 15.6. The molecule has 150 valence electrons. The van der Waals surface area contributed by atoms with Gasteiger partial charge in [0, 0.05) is 43.6 Å². The Morgan fingerprint density at radius 1 is 1.24 bits per heavy atom. The van der Waals surface area contributed by atoms with Gasteiger partial charge in [-0.25, -0.2) is 19.2 Å². The van der Waals surface area contributed by atoms with E-state index in [2.05, 4.69) is 20.8 Å². The Hall–Kier alpha value is -3.04. The van der Waals surface area contributed by atoms with Gasteiger partial charge in [-0.15, -0.1) is 0 Å². The summed E-state index contributed by atoms with van der Waals surface area (Å²) in [5, 5.41) is 0. The molecule has 0 bridgehead atoms. The molecule has 2 fully saturated rings. The van der Waals surface area contributed by atoms with E-state index in [9.17, 15) is 13.6 Å². The van der Waals surface area contributed by atoms with Gasteiger partial charge in [0.2, 0.25) is 5.91 Å². The Balaban J connectivity index is 1.62. The monoisotopic (exact) mass is 399 g/mol. The number of halogens is 2. The normalized spacial score (nSPS) is 24.2. The summed E-state index contributed by atoms with van der Waals surface area (Å²) in [6.07, 6.45) is 1.54. The van der Waals surface area contributed by atoms with E-state index in [-0.39, 0.29) is 29.5 Å². The molecule has 3 heterocycles. The summed E-state index contributed by atoms with van der Waals surface area (Å²) in [5.41, 5.74) is 8.24. The van der Waals surface area contributed by atoms with Gasteiger partial charge in [0.1, 0.15) is 17.4 Å². The molecule has 29 heavy (non-hydrogen) atoms. The predicted octanol–water partition coefficient (Wildman–Crippen LogP) is 2.28. The molecule has 3 aromatic rings. The molecule has 0 radical (unpaired) electrons. The van der Waals surface area contributed by atoms with Crippen LogP contribution in [0.15, 0.2) is 36.7 Å². The van der Waals surface area contributed by atoms with Crippen molar-refractivity contribution < 1.29 is 18.3 Å². The Morgan fingerprint density at radius 3 is 2.93 bits per heavy atom. The Morgan fingerprint density at radius 2 is 2.10 bits per heavy atom. The van der Waals surface area contributed by atoms with Gasteiger partial charge in [-0.05, 0) is 18.2 Å². The lowest BCUT2D eigenvalue weighted by atomic mass is 9.78. The highest BCUT2D eigenvalue weighted by molar-refractivity contribution is 5.86. The fraction of sp³-hybridized carbons (Fsp3) is 0.300. The van der Waals surface area contributed by atoms with Gasteiger partial charge in [-0.3, -0.25) is 10.2 Å². The number of carbonyl (C=O) groups is 1. The highest BCUT2D eigenvalue weighted by Gasteiger charge is 2.45. The van der Waals surface area contributed by atoms with Crippen molar-refractivity contribution in [3.8, 4) is 11.5 Å². The number of ether oxygens (including phenoxy) is 1. The van der Waals surface area contributed by atoms with Crippen LogP contribution in [-0.4, -0.2) is 47.0 Å². The first-order valence-corrected chi connectivity index (χ1v) is 9.35. The number of nitrogens with zero attached hydrogens (tertiary/aromatic N) is 2. The lowest BCUT2D eigenvalue weighted by Gasteiger charge is -2.38. The van der Waals surface area contributed by atoms with Gasteiger partial charge in [0.15, 0.2) is 17.3 Å². The SMILES string of the molecule is CN1CC(c2ccc3[nH]cnc3c2Oc2ccc(F)cc2F)C2CNNC2C1=O. The quantitative estimate of drug-likeness (QED) is 0.630. The van der Waals surface area contributed by atoms with Crippen molar-refractivity contribution in [1.29, 1.82) is 0 Å². The summed E-state index contributed by atoms with van der Waals surface area (Å²) in [4.78, 5) is 21.6. The first-order valence-electron chi connectivity index (χ1n) is 9.35. The summed E-state index contributed by atoms with van der Waals surface area (Å²) >= 11 is 0. The zero-order valence-corrected chi connectivity index (χ0v) is 15.6. The molecule has 0 saturated carbocycles. The molecule has 3 unspecified atom stereocenters. The van der Waals surface area contributed by atoms with E-state index >= 15 is 0 Å². The molecular formula is C20H19F2N5O2. The van der Waals surface area contributed by atoms with Gasteiger partial charge in [0.05, 0.1) is 11.8 Å². The average molecular weight is 399 g/mol. The number of likely N-dealkylation sites (N-methyl/N-ethyl adjacent to an activating group) is 1. The number of hydrogen-bond acceptors (Lipinski definition) is 5. The van der Waals surface area contributed by atoms with E-state index in [4.69, 9.17) is 4.74 Å². The highest BCUT2D eigenvalue weighted by atomic mass is 19.1. The number of fused-ring (bicyclic) bond motifs is 2. The molecule has 3 N–H and O–H groups in total. The number of amides is 1. The van der Waals surface area contributed by atoms with Crippen molar-refractivity contribution in [2.24, 2.45) is 5.92 Å².